The Morgan fingerprint density at radius 1 is 1.26 bits per heavy atom. The number of carboxylic acids is 1. The third-order valence-electron chi connectivity index (χ3n) is 5.77. The number of rotatable bonds is 5. The van der Waals surface area contributed by atoms with Gasteiger partial charge in [-0.15, -0.1) is 0 Å². The van der Waals surface area contributed by atoms with Crippen molar-refractivity contribution >= 4 is 23.6 Å². The van der Waals surface area contributed by atoms with Crippen molar-refractivity contribution in [3.63, 3.8) is 0 Å². The zero-order chi connectivity index (χ0) is 19.1. The van der Waals surface area contributed by atoms with Gasteiger partial charge in [0.25, 0.3) is 5.91 Å². The minimum absolute atomic E-state index is 0.0357. The summed E-state index contributed by atoms with van der Waals surface area (Å²) >= 11 is 0. The Labute approximate surface area is 157 Å². The van der Waals surface area contributed by atoms with Crippen LogP contribution in [0.15, 0.2) is 18.2 Å². The minimum Gasteiger partial charge on any atom is -0.495 e. The molecule has 1 aliphatic carbocycles. The van der Waals surface area contributed by atoms with E-state index >= 15 is 0 Å². The first kappa shape index (κ1) is 17.6. The molecule has 2 heterocycles. The largest absolute Gasteiger partial charge is 0.495 e. The molecular weight excluding hydrogens is 350 g/mol. The van der Waals surface area contributed by atoms with Crippen LogP contribution in [0.3, 0.4) is 0 Å². The van der Waals surface area contributed by atoms with Crippen molar-refractivity contribution in [3.05, 3.63) is 23.8 Å². The maximum absolute atomic E-state index is 13.0. The van der Waals surface area contributed by atoms with Crippen LogP contribution >= 0.6 is 0 Å². The van der Waals surface area contributed by atoms with Crippen molar-refractivity contribution in [1.29, 1.82) is 0 Å². The number of methoxy groups -OCH3 is 1. The lowest BCUT2D eigenvalue weighted by atomic mass is 9.92. The van der Waals surface area contributed by atoms with Crippen LogP contribution in [0.1, 0.15) is 23.2 Å². The number of hydrogen-bond donors (Lipinski definition) is 2. The highest BCUT2D eigenvalue weighted by atomic mass is 16.5. The van der Waals surface area contributed by atoms with E-state index in [4.69, 9.17) is 4.74 Å². The monoisotopic (exact) mass is 373 g/mol. The van der Waals surface area contributed by atoms with Crippen LogP contribution in [0.25, 0.3) is 0 Å². The summed E-state index contributed by atoms with van der Waals surface area (Å²) < 4.78 is 5.35. The number of benzene rings is 1. The highest BCUT2D eigenvalue weighted by Gasteiger charge is 2.47. The van der Waals surface area contributed by atoms with E-state index in [1.54, 1.807) is 28.0 Å². The fraction of sp³-hybridized carbons (Fsp3) is 0.526. The van der Waals surface area contributed by atoms with Gasteiger partial charge in [-0.25, -0.2) is 4.79 Å². The fourth-order valence-corrected chi connectivity index (χ4v) is 4.18. The molecule has 3 amide bonds. The van der Waals surface area contributed by atoms with Gasteiger partial charge in [-0.2, -0.15) is 0 Å². The summed E-state index contributed by atoms with van der Waals surface area (Å²) in [7, 11) is 1.52. The van der Waals surface area contributed by atoms with Crippen molar-refractivity contribution in [1.82, 2.24) is 10.2 Å². The molecule has 0 bridgehead atoms. The minimum atomic E-state index is -0.827. The number of ether oxygens (including phenoxy) is 1. The lowest BCUT2D eigenvalue weighted by Crippen LogP contribution is -2.31. The van der Waals surface area contributed by atoms with Crippen molar-refractivity contribution in [3.8, 4) is 5.75 Å². The molecule has 8 heteroatoms. The number of carboxylic acid groups (broad SMARTS) is 1. The normalized spacial score (nSPS) is 24.9. The summed E-state index contributed by atoms with van der Waals surface area (Å²) in [6.45, 7) is 1.75. The summed E-state index contributed by atoms with van der Waals surface area (Å²) in [6.07, 6.45) is 2.10. The molecule has 144 valence electrons. The fourth-order valence-electron chi connectivity index (χ4n) is 4.18. The SMILES string of the molecule is COc1ccc(C(=O)N2C[C@H](C(=O)O)[C@@H](C3CC3)C2)cc1N1CCNC1=O. The van der Waals surface area contributed by atoms with Gasteiger partial charge >= 0.3 is 12.0 Å². The van der Waals surface area contributed by atoms with Crippen LogP contribution < -0.4 is 15.0 Å². The molecule has 8 nitrogen and oxygen atoms in total. The van der Waals surface area contributed by atoms with E-state index in [0.717, 1.165) is 12.8 Å². The smallest absolute Gasteiger partial charge is 0.322 e. The molecule has 0 radical (unpaired) electrons. The average molecular weight is 373 g/mol. The Kier molecular flexibility index (Phi) is 4.41. The van der Waals surface area contributed by atoms with Gasteiger partial charge in [0, 0.05) is 31.7 Å². The number of aliphatic carboxylic acids is 1. The molecule has 2 atom stereocenters. The molecule has 0 spiro atoms. The summed E-state index contributed by atoms with van der Waals surface area (Å²) in [6, 6.07) is 4.78. The Hall–Kier alpha value is -2.77. The second-order valence-electron chi connectivity index (χ2n) is 7.43. The van der Waals surface area contributed by atoms with Crippen LogP contribution in [0, 0.1) is 17.8 Å². The highest BCUT2D eigenvalue weighted by molar-refractivity contribution is 6.00. The molecule has 0 aromatic heterocycles. The molecule has 3 aliphatic rings. The number of carbonyl (C=O) groups excluding carboxylic acids is 2. The van der Waals surface area contributed by atoms with E-state index in [0.29, 0.717) is 42.6 Å². The molecule has 27 heavy (non-hydrogen) atoms. The molecule has 2 aliphatic heterocycles. The van der Waals surface area contributed by atoms with Gasteiger partial charge in [0.1, 0.15) is 5.75 Å². The Balaban J connectivity index is 1.58. The highest BCUT2D eigenvalue weighted by Crippen LogP contribution is 2.44. The van der Waals surface area contributed by atoms with Crippen LogP contribution in [-0.4, -0.2) is 61.2 Å². The van der Waals surface area contributed by atoms with E-state index in [-0.39, 0.29) is 24.4 Å². The number of nitrogens with one attached hydrogen (secondary N) is 1. The molecule has 3 fully saturated rings. The zero-order valence-corrected chi connectivity index (χ0v) is 15.2. The van der Waals surface area contributed by atoms with Crippen molar-refractivity contribution in [2.24, 2.45) is 17.8 Å². The third-order valence-corrected chi connectivity index (χ3v) is 5.77. The van der Waals surface area contributed by atoms with Crippen LogP contribution in [0.5, 0.6) is 5.75 Å². The quantitative estimate of drug-likeness (QED) is 0.813. The molecule has 1 aromatic carbocycles. The Morgan fingerprint density at radius 3 is 2.63 bits per heavy atom. The lowest BCUT2D eigenvalue weighted by Gasteiger charge is -2.21. The number of hydrogen-bond acceptors (Lipinski definition) is 4. The van der Waals surface area contributed by atoms with Crippen molar-refractivity contribution < 1.29 is 24.2 Å². The van der Waals surface area contributed by atoms with Gasteiger partial charge in [0.15, 0.2) is 0 Å². The van der Waals surface area contributed by atoms with E-state index in [1.165, 1.54) is 7.11 Å². The number of nitrogens with zero attached hydrogens (tertiary/aromatic N) is 2. The van der Waals surface area contributed by atoms with Gasteiger partial charge in [-0.05, 0) is 42.9 Å². The summed E-state index contributed by atoms with van der Waals surface area (Å²) in [5.41, 5.74) is 0.983. The van der Waals surface area contributed by atoms with Crippen LogP contribution in [0.4, 0.5) is 10.5 Å². The second kappa shape index (κ2) is 6.75. The molecule has 1 saturated carbocycles. The molecule has 2 N–H and O–H groups in total. The summed E-state index contributed by atoms with van der Waals surface area (Å²) in [4.78, 5) is 39.8. The average Bonchev–Trinajstić information content (AvgIpc) is 3.26. The number of likely N-dealkylation sites (tertiary alicyclic amines) is 1. The number of carbonyl (C=O) groups is 3. The van der Waals surface area contributed by atoms with Crippen LogP contribution in [0.2, 0.25) is 0 Å². The Bertz CT molecular complexity index is 792. The van der Waals surface area contributed by atoms with Gasteiger partial charge in [0.05, 0.1) is 18.7 Å². The van der Waals surface area contributed by atoms with E-state index < -0.39 is 11.9 Å². The first-order valence-corrected chi connectivity index (χ1v) is 9.25. The summed E-state index contributed by atoms with van der Waals surface area (Å²) in [5, 5.41) is 12.2. The van der Waals surface area contributed by atoms with Gasteiger partial charge < -0.3 is 20.1 Å². The Morgan fingerprint density at radius 2 is 2.04 bits per heavy atom. The number of urea groups is 1. The first-order valence-electron chi connectivity index (χ1n) is 9.25. The molecule has 2 saturated heterocycles. The van der Waals surface area contributed by atoms with Crippen molar-refractivity contribution in [2.75, 3.05) is 38.2 Å². The molecule has 1 aromatic rings. The van der Waals surface area contributed by atoms with Gasteiger partial charge in [-0.1, -0.05) is 0 Å². The predicted octanol–water partition coefficient (Wildman–Crippen LogP) is 1.41. The maximum Gasteiger partial charge on any atom is 0.322 e. The predicted molar refractivity (Wildman–Crippen MR) is 97.0 cm³/mol. The van der Waals surface area contributed by atoms with E-state index in [9.17, 15) is 19.5 Å². The van der Waals surface area contributed by atoms with Crippen molar-refractivity contribution in [2.45, 2.75) is 12.8 Å². The van der Waals surface area contributed by atoms with Gasteiger partial charge in [-0.3, -0.25) is 14.5 Å². The topological polar surface area (TPSA) is 99.2 Å². The number of anilines is 1. The maximum atomic E-state index is 13.0. The van der Waals surface area contributed by atoms with E-state index in [2.05, 4.69) is 5.32 Å². The second-order valence-corrected chi connectivity index (χ2v) is 7.43. The summed E-state index contributed by atoms with van der Waals surface area (Å²) in [5.74, 6) is -0.552. The third kappa shape index (κ3) is 3.20. The van der Waals surface area contributed by atoms with Gasteiger partial charge in [0.2, 0.25) is 0 Å². The first-order chi connectivity index (χ1) is 13.0. The standard InChI is InChI=1S/C19H23N3O5/c1-27-16-5-4-12(8-15(16)22-7-6-20-19(22)26)17(23)21-9-13(11-2-3-11)14(10-21)18(24)25/h4-5,8,11,13-14H,2-3,6-7,9-10H2,1H3,(H,20,26)(H,24,25)/t13-,14+/m1/s1. The molecule has 4 rings (SSSR count). The zero-order valence-electron chi connectivity index (χ0n) is 15.2. The lowest BCUT2D eigenvalue weighted by molar-refractivity contribution is -0.142. The molecule has 0 unspecified atom stereocenters. The number of amides is 3. The molecular formula is C19H23N3O5. The van der Waals surface area contributed by atoms with Crippen LogP contribution in [-0.2, 0) is 4.79 Å². The van der Waals surface area contributed by atoms with E-state index in [1.807, 2.05) is 0 Å².